The molecule has 0 bridgehead atoms. The molecule has 0 spiro atoms. The SMILES string of the molecule is NCC1(NC(=O)Nc2ccc(C(F)(F)F)cc2)CCCC1. The Morgan fingerprint density at radius 1 is 1.19 bits per heavy atom. The fourth-order valence-electron chi connectivity index (χ4n) is 2.58. The van der Waals surface area contributed by atoms with Crippen LogP contribution in [0.2, 0.25) is 0 Å². The first kappa shape index (κ1) is 15.6. The first-order valence-corrected chi connectivity index (χ1v) is 6.81. The fraction of sp³-hybridized carbons (Fsp3) is 0.500. The van der Waals surface area contributed by atoms with Gasteiger partial charge in [-0.25, -0.2) is 4.79 Å². The number of carbonyl (C=O) groups excluding carboxylic acids is 1. The van der Waals surface area contributed by atoms with Gasteiger partial charge in [0.05, 0.1) is 11.1 Å². The maximum absolute atomic E-state index is 12.4. The van der Waals surface area contributed by atoms with Crippen LogP contribution in [0.15, 0.2) is 24.3 Å². The van der Waals surface area contributed by atoms with Crippen molar-refractivity contribution in [3.63, 3.8) is 0 Å². The Morgan fingerprint density at radius 2 is 1.76 bits per heavy atom. The van der Waals surface area contributed by atoms with Crippen LogP contribution in [0.4, 0.5) is 23.7 Å². The zero-order valence-electron chi connectivity index (χ0n) is 11.5. The first-order valence-electron chi connectivity index (χ1n) is 6.81. The van der Waals surface area contributed by atoms with Crippen LogP contribution >= 0.6 is 0 Å². The van der Waals surface area contributed by atoms with E-state index in [0.29, 0.717) is 12.2 Å². The van der Waals surface area contributed by atoms with Crippen molar-refractivity contribution in [2.24, 2.45) is 5.73 Å². The van der Waals surface area contributed by atoms with Crippen LogP contribution in [-0.2, 0) is 6.18 Å². The van der Waals surface area contributed by atoms with Crippen LogP contribution in [-0.4, -0.2) is 18.1 Å². The van der Waals surface area contributed by atoms with Gasteiger partial charge in [-0.15, -0.1) is 0 Å². The molecule has 21 heavy (non-hydrogen) atoms. The van der Waals surface area contributed by atoms with Gasteiger partial charge in [0, 0.05) is 12.2 Å². The Bertz CT molecular complexity index is 493. The highest BCUT2D eigenvalue weighted by Crippen LogP contribution is 2.30. The van der Waals surface area contributed by atoms with Crippen molar-refractivity contribution in [1.82, 2.24) is 5.32 Å². The van der Waals surface area contributed by atoms with E-state index in [-0.39, 0.29) is 0 Å². The number of carbonyl (C=O) groups is 1. The van der Waals surface area contributed by atoms with Crippen LogP contribution in [0.1, 0.15) is 31.2 Å². The van der Waals surface area contributed by atoms with Gasteiger partial charge >= 0.3 is 12.2 Å². The Kier molecular flexibility index (Phi) is 4.41. The lowest BCUT2D eigenvalue weighted by atomic mass is 9.98. The summed E-state index contributed by atoms with van der Waals surface area (Å²) in [5.74, 6) is 0. The summed E-state index contributed by atoms with van der Waals surface area (Å²) in [6.45, 7) is 0.355. The lowest BCUT2D eigenvalue weighted by Crippen LogP contribution is -2.53. The summed E-state index contributed by atoms with van der Waals surface area (Å²) in [5.41, 5.74) is 4.88. The molecule has 116 valence electrons. The van der Waals surface area contributed by atoms with E-state index in [4.69, 9.17) is 5.73 Å². The third kappa shape index (κ3) is 3.87. The minimum atomic E-state index is -4.38. The highest BCUT2D eigenvalue weighted by molar-refractivity contribution is 5.89. The predicted octanol–water partition coefficient (Wildman–Crippen LogP) is 3.10. The Hall–Kier alpha value is -1.76. The molecule has 0 saturated heterocycles. The standard InChI is InChI=1S/C14H18F3N3O/c15-14(16,17)10-3-5-11(6-4-10)19-12(21)20-13(9-18)7-1-2-8-13/h3-6H,1-2,7-9,18H2,(H2,19,20,21). The summed E-state index contributed by atoms with van der Waals surface area (Å²) in [4.78, 5) is 11.9. The van der Waals surface area contributed by atoms with Crippen LogP contribution in [0.25, 0.3) is 0 Å². The van der Waals surface area contributed by atoms with E-state index in [1.165, 1.54) is 12.1 Å². The average molecular weight is 301 g/mol. The number of anilines is 1. The molecule has 1 aromatic rings. The van der Waals surface area contributed by atoms with E-state index in [1.54, 1.807) is 0 Å². The molecule has 0 atom stereocenters. The highest BCUT2D eigenvalue weighted by Gasteiger charge is 2.34. The van der Waals surface area contributed by atoms with E-state index in [0.717, 1.165) is 37.8 Å². The first-order chi connectivity index (χ1) is 9.85. The predicted molar refractivity (Wildman–Crippen MR) is 73.9 cm³/mol. The molecule has 0 aromatic heterocycles. The van der Waals surface area contributed by atoms with Crippen molar-refractivity contribution in [3.8, 4) is 0 Å². The van der Waals surface area contributed by atoms with Gasteiger partial charge in [-0.1, -0.05) is 12.8 Å². The zero-order chi connectivity index (χ0) is 15.5. The molecule has 4 N–H and O–H groups in total. The molecule has 2 amide bonds. The number of rotatable bonds is 3. The molecule has 4 nitrogen and oxygen atoms in total. The molecule has 1 aliphatic carbocycles. The second-order valence-electron chi connectivity index (χ2n) is 5.35. The molecule has 1 aromatic carbocycles. The number of nitrogens with two attached hydrogens (primary N) is 1. The zero-order valence-corrected chi connectivity index (χ0v) is 11.5. The Balaban J connectivity index is 1.96. The van der Waals surface area contributed by atoms with E-state index < -0.39 is 23.3 Å². The van der Waals surface area contributed by atoms with Crippen molar-refractivity contribution < 1.29 is 18.0 Å². The third-order valence-corrected chi connectivity index (χ3v) is 3.80. The number of nitrogens with one attached hydrogen (secondary N) is 2. The second kappa shape index (κ2) is 5.93. The van der Waals surface area contributed by atoms with Gasteiger partial charge in [0.25, 0.3) is 0 Å². The smallest absolute Gasteiger partial charge is 0.331 e. The molecule has 7 heteroatoms. The highest BCUT2D eigenvalue weighted by atomic mass is 19.4. The molecule has 1 fully saturated rings. The fourth-order valence-corrected chi connectivity index (χ4v) is 2.58. The number of hydrogen-bond donors (Lipinski definition) is 3. The van der Waals surface area contributed by atoms with E-state index in [9.17, 15) is 18.0 Å². The largest absolute Gasteiger partial charge is 0.416 e. The van der Waals surface area contributed by atoms with Crippen LogP contribution in [0, 0.1) is 0 Å². The van der Waals surface area contributed by atoms with Gasteiger partial charge in [-0.2, -0.15) is 13.2 Å². The maximum atomic E-state index is 12.4. The van der Waals surface area contributed by atoms with Crippen molar-refractivity contribution in [2.75, 3.05) is 11.9 Å². The number of benzene rings is 1. The maximum Gasteiger partial charge on any atom is 0.416 e. The number of alkyl halides is 3. The lowest BCUT2D eigenvalue weighted by Gasteiger charge is -2.28. The molecule has 1 aliphatic rings. The molecule has 0 unspecified atom stereocenters. The van der Waals surface area contributed by atoms with E-state index in [2.05, 4.69) is 10.6 Å². The van der Waals surface area contributed by atoms with Crippen molar-refractivity contribution in [1.29, 1.82) is 0 Å². The number of halogens is 3. The lowest BCUT2D eigenvalue weighted by molar-refractivity contribution is -0.137. The summed E-state index contributed by atoms with van der Waals surface area (Å²) < 4.78 is 37.3. The number of urea groups is 1. The number of hydrogen-bond acceptors (Lipinski definition) is 2. The molecular weight excluding hydrogens is 283 g/mol. The molecular formula is C14H18F3N3O. The van der Waals surface area contributed by atoms with Crippen LogP contribution in [0.5, 0.6) is 0 Å². The normalized spacial score (nSPS) is 17.5. The van der Waals surface area contributed by atoms with Gasteiger partial charge in [0.1, 0.15) is 0 Å². The van der Waals surface area contributed by atoms with Crippen LogP contribution < -0.4 is 16.4 Å². The second-order valence-corrected chi connectivity index (χ2v) is 5.35. The third-order valence-electron chi connectivity index (χ3n) is 3.80. The molecule has 0 radical (unpaired) electrons. The van der Waals surface area contributed by atoms with Crippen LogP contribution in [0.3, 0.4) is 0 Å². The van der Waals surface area contributed by atoms with Gasteiger partial charge in [0.2, 0.25) is 0 Å². The monoisotopic (exact) mass is 301 g/mol. The van der Waals surface area contributed by atoms with Crippen molar-refractivity contribution in [3.05, 3.63) is 29.8 Å². The van der Waals surface area contributed by atoms with Gasteiger partial charge in [0.15, 0.2) is 0 Å². The summed E-state index contributed by atoms with van der Waals surface area (Å²) >= 11 is 0. The van der Waals surface area contributed by atoms with Gasteiger partial charge in [-0.3, -0.25) is 0 Å². The quantitative estimate of drug-likeness (QED) is 0.803. The van der Waals surface area contributed by atoms with Gasteiger partial charge in [-0.05, 0) is 37.1 Å². The van der Waals surface area contributed by atoms with E-state index >= 15 is 0 Å². The Morgan fingerprint density at radius 3 is 2.24 bits per heavy atom. The molecule has 0 aliphatic heterocycles. The minimum Gasteiger partial charge on any atom is -0.331 e. The number of amides is 2. The minimum absolute atomic E-state index is 0.311. The molecule has 2 rings (SSSR count). The van der Waals surface area contributed by atoms with Gasteiger partial charge < -0.3 is 16.4 Å². The summed E-state index contributed by atoms with van der Waals surface area (Å²) in [7, 11) is 0. The van der Waals surface area contributed by atoms with E-state index in [1.807, 2.05) is 0 Å². The Labute approximate surface area is 120 Å². The summed E-state index contributed by atoms with van der Waals surface area (Å²) in [6.07, 6.45) is -0.711. The van der Waals surface area contributed by atoms with Crippen molar-refractivity contribution >= 4 is 11.7 Å². The summed E-state index contributed by atoms with van der Waals surface area (Å²) in [6, 6.07) is 3.88. The molecule has 0 heterocycles. The summed E-state index contributed by atoms with van der Waals surface area (Å²) in [5, 5.41) is 5.37. The topological polar surface area (TPSA) is 67.1 Å². The molecule has 1 saturated carbocycles. The average Bonchev–Trinajstić information content (AvgIpc) is 2.87. The van der Waals surface area contributed by atoms with Crippen molar-refractivity contribution in [2.45, 2.75) is 37.4 Å².